The minimum absolute atomic E-state index is 0.237. The van der Waals surface area contributed by atoms with Gasteiger partial charge in [-0.25, -0.2) is 4.79 Å². The lowest BCUT2D eigenvalue weighted by molar-refractivity contribution is 0.0600. The van der Waals surface area contributed by atoms with E-state index in [0.29, 0.717) is 23.7 Å². The maximum Gasteiger partial charge on any atom is 0.337 e. The quantitative estimate of drug-likeness (QED) is 0.776. The van der Waals surface area contributed by atoms with Crippen LogP contribution in [0.15, 0.2) is 40.9 Å². The smallest absolute Gasteiger partial charge is 0.337 e. The van der Waals surface area contributed by atoms with Crippen LogP contribution in [0.3, 0.4) is 0 Å². The molecule has 0 saturated heterocycles. The molecular weight excluding hydrogens is 352 g/mol. The number of rotatable bonds is 4. The summed E-state index contributed by atoms with van der Waals surface area (Å²) >= 11 is 3.49. The van der Waals surface area contributed by atoms with Crippen LogP contribution in [0.5, 0.6) is 17.2 Å². The van der Waals surface area contributed by atoms with E-state index in [1.807, 2.05) is 12.1 Å². The Hall–Kier alpha value is -2.21. The maximum atomic E-state index is 11.4. The zero-order valence-electron chi connectivity index (χ0n) is 11.8. The number of carbonyl (C=O) groups excluding carboxylic acids is 1. The third-order valence-electron chi connectivity index (χ3n) is 3.21. The zero-order chi connectivity index (χ0) is 15.5. The molecule has 1 heterocycles. The molecule has 114 valence electrons. The molecule has 0 N–H and O–H groups in total. The Labute approximate surface area is 135 Å². The van der Waals surface area contributed by atoms with Gasteiger partial charge in [-0.2, -0.15) is 0 Å². The minimum Gasteiger partial charge on any atom is -0.489 e. The van der Waals surface area contributed by atoms with Crippen LogP contribution in [0.2, 0.25) is 0 Å². The number of esters is 1. The van der Waals surface area contributed by atoms with Crippen LogP contribution in [0.25, 0.3) is 0 Å². The number of carbonyl (C=O) groups is 1. The standard InChI is InChI=1S/C16H13BrO5/c1-19-16(18)10-2-4-12(5-3-10)20-8-11-6-14-15(7-13(11)17)22-9-21-14/h2-7H,8-9H2,1H3. The predicted molar refractivity (Wildman–Crippen MR) is 82.4 cm³/mol. The molecule has 0 bridgehead atoms. The Morgan fingerprint density at radius 1 is 1.18 bits per heavy atom. The van der Waals surface area contributed by atoms with E-state index in [2.05, 4.69) is 20.7 Å². The Morgan fingerprint density at radius 2 is 1.86 bits per heavy atom. The highest BCUT2D eigenvalue weighted by molar-refractivity contribution is 9.10. The Balaban J connectivity index is 1.69. The number of hydrogen-bond donors (Lipinski definition) is 0. The first-order valence-electron chi connectivity index (χ1n) is 6.56. The van der Waals surface area contributed by atoms with Gasteiger partial charge in [0.1, 0.15) is 12.4 Å². The van der Waals surface area contributed by atoms with E-state index < -0.39 is 0 Å². The van der Waals surface area contributed by atoms with Crippen molar-refractivity contribution in [1.82, 2.24) is 0 Å². The van der Waals surface area contributed by atoms with Crippen molar-refractivity contribution in [2.24, 2.45) is 0 Å². The first-order chi connectivity index (χ1) is 10.7. The van der Waals surface area contributed by atoms with E-state index >= 15 is 0 Å². The Morgan fingerprint density at radius 3 is 2.55 bits per heavy atom. The number of fused-ring (bicyclic) bond motifs is 1. The van der Waals surface area contributed by atoms with Gasteiger partial charge in [0.2, 0.25) is 6.79 Å². The zero-order valence-corrected chi connectivity index (χ0v) is 13.4. The summed E-state index contributed by atoms with van der Waals surface area (Å²) in [6, 6.07) is 10.5. The Kier molecular flexibility index (Phi) is 4.20. The van der Waals surface area contributed by atoms with Crippen molar-refractivity contribution in [1.29, 1.82) is 0 Å². The van der Waals surface area contributed by atoms with Gasteiger partial charge in [-0.15, -0.1) is 0 Å². The third kappa shape index (κ3) is 3.01. The van der Waals surface area contributed by atoms with Gasteiger partial charge in [0.05, 0.1) is 12.7 Å². The third-order valence-corrected chi connectivity index (χ3v) is 3.95. The van der Waals surface area contributed by atoms with E-state index in [9.17, 15) is 4.79 Å². The second-order valence-electron chi connectivity index (χ2n) is 4.60. The van der Waals surface area contributed by atoms with Crippen LogP contribution in [-0.4, -0.2) is 19.9 Å². The molecular formula is C16H13BrO5. The van der Waals surface area contributed by atoms with Gasteiger partial charge in [0.15, 0.2) is 11.5 Å². The van der Waals surface area contributed by atoms with E-state index in [0.717, 1.165) is 15.8 Å². The molecule has 3 rings (SSSR count). The highest BCUT2D eigenvalue weighted by Gasteiger charge is 2.16. The summed E-state index contributed by atoms with van der Waals surface area (Å²) < 4.78 is 21.9. The van der Waals surface area contributed by atoms with Crippen LogP contribution in [-0.2, 0) is 11.3 Å². The van der Waals surface area contributed by atoms with Crippen LogP contribution >= 0.6 is 15.9 Å². The molecule has 0 spiro atoms. The van der Waals surface area contributed by atoms with Crippen molar-refractivity contribution in [3.63, 3.8) is 0 Å². The summed E-state index contributed by atoms with van der Waals surface area (Å²) in [7, 11) is 1.35. The summed E-state index contributed by atoms with van der Waals surface area (Å²) in [6.45, 7) is 0.607. The molecule has 22 heavy (non-hydrogen) atoms. The van der Waals surface area contributed by atoms with E-state index in [1.165, 1.54) is 7.11 Å². The summed E-state index contributed by atoms with van der Waals surface area (Å²) in [5.74, 6) is 1.73. The van der Waals surface area contributed by atoms with Gasteiger partial charge in [-0.3, -0.25) is 0 Å². The highest BCUT2D eigenvalue weighted by atomic mass is 79.9. The highest BCUT2D eigenvalue weighted by Crippen LogP contribution is 2.37. The average molecular weight is 365 g/mol. The van der Waals surface area contributed by atoms with E-state index in [4.69, 9.17) is 14.2 Å². The lowest BCUT2D eigenvalue weighted by atomic mass is 10.2. The summed E-state index contributed by atoms with van der Waals surface area (Å²) in [4.78, 5) is 11.4. The lowest BCUT2D eigenvalue weighted by Crippen LogP contribution is -2.01. The van der Waals surface area contributed by atoms with Crippen LogP contribution in [0.1, 0.15) is 15.9 Å². The molecule has 0 aromatic heterocycles. The van der Waals surface area contributed by atoms with Gasteiger partial charge in [-0.1, -0.05) is 15.9 Å². The Bertz CT molecular complexity index is 696. The summed E-state index contributed by atoms with van der Waals surface area (Å²) in [6.07, 6.45) is 0. The van der Waals surface area contributed by atoms with E-state index in [1.54, 1.807) is 24.3 Å². The van der Waals surface area contributed by atoms with Crippen LogP contribution < -0.4 is 14.2 Å². The molecule has 1 aliphatic rings. The number of halogens is 1. The number of hydrogen-bond acceptors (Lipinski definition) is 5. The predicted octanol–water partition coefficient (Wildman–Crippen LogP) is 3.54. The normalized spacial score (nSPS) is 12.1. The average Bonchev–Trinajstić information content (AvgIpc) is 2.99. The maximum absolute atomic E-state index is 11.4. The number of methoxy groups -OCH3 is 1. The fourth-order valence-corrected chi connectivity index (χ4v) is 2.47. The molecule has 0 aliphatic carbocycles. The monoisotopic (exact) mass is 364 g/mol. The molecule has 0 unspecified atom stereocenters. The lowest BCUT2D eigenvalue weighted by Gasteiger charge is -2.09. The summed E-state index contributed by atoms with van der Waals surface area (Å²) in [5.41, 5.74) is 1.43. The first kappa shape index (κ1) is 14.7. The van der Waals surface area contributed by atoms with Crippen LogP contribution in [0, 0.1) is 0 Å². The molecule has 0 amide bonds. The van der Waals surface area contributed by atoms with E-state index in [-0.39, 0.29) is 12.8 Å². The minimum atomic E-state index is -0.370. The topological polar surface area (TPSA) is 54.0 Å². The van der Waals surface area contributed by atoms with Crippen molar-refractivity contribution in [2.75, 3.05) is 13.9 Å². The van der Waals surface area contributed by atoms with Gasteiger partial charge >= 0.3 is 5.97 Å². The second-order valence-corrected chi connectivity index (χ2v) is 5.46. The van der Waals surface area contributed by atoms with Crippen LogP contribution in [0.4, 0.5) is 0 Å². The van der Waals surface area contributed by atoms with Crippen molar-refractivity contribution in [2.45, 2.75) is 6.61 Å². The largest absolute Gasteiger partial charge is 0.489 e. The molecule has 2 aromatic rings. The van der Waals surface area contributed by atoms with Crippen molar-refractivity contribution < 1.29 is 23.7 Å². The van der Waals surface area contributed by atoms with Gasteiger partial charge < -0.3 is 18.9 Å². The molecule has 0 fully saturated rings. The second kappa shape index (κ2) is 6.27. The number of benzene rings is 2. The van der Waals surface area contributed by atoms with Gasteiger partial charge in [0, 0.05) is 10.0 Å². The van der Waals surface area contributed by atoms with Gasteiger partial charge in [0.25, 0.3) is 0 Å². The fourth-order valence-electron chi connectivity index (χ4n) is 2.04. The fraction of sp³-hybridized carbons (Fsp3) is 0.188. The molecule has 2 aromatic carbocycles. The molecule has 1 aliphatic heterocycles. The molecule has 0 radical (unpaired) electrons. The molecule has 0 atom stereocenters. The molecule has 5 nitrogen and oxygen atoms in total. The molecule has 0 saturated carbocycles. The first-order valence-corrected chi connectivity index (χ1v) is 7.36. The number of ether oxygens (including phenoxy) is 4. The van der Waals surface area contributed by atoms with Crippen molar-refractivity contribution >= 4 is 21.9 Å². The van der Waals surface area contributed by atoms with Crippen molar-refractivity contribution in [3.05, 3.63) is 52.0 Å². The summed E-state index contributed by atoms with van der Waals surface area (Å²) in [5, 5.41) is 0. The van der Waals surface area contributed by atoms with Gasteiger partial charge in [-0.05, 0) is 36.4 Å². The SMILES string of the molecule is COC(=O)c1ccc(OCc2cc3c(cc2Br)OCO3)cc1. The van der Waals surface area contributed by atoms with Crippen molar-refractivity contribution in [3.8, 4) is 17.2 Å². The molecule has 6 heteroatoms.